The lowest BCUT2D eigenvalue weighted by Crippen LogP contribution is -2.28. The van der Waals surface area contributed by atoms with Crippen LogP contribution in [0.3, 0.4) is 0 Å². The normalized spacial score (nSPS) is 35.0. The van der Waals surface area contributed by atoms with E-state index in [1.54, 1.807) is 6.08 Å². The van der Waals surface area contributed by atoms with Gasteiger partial charge in [0.2, 0.25) is 0 Å². The summed E-state index contributed by atoms with van der Waals surface area (Å²) in [6.07, 6.45) is 6.54. The van der Waals surface area contributed by atoms with Gasteiger partial charge in [0.25, 0.3) is 0 Å². The molecule has 2 atom stereocenters. The number of hydrogen-bond acceptors (Lipinski definition) is 2. The molecule has 0 unspecified atom stereocenters. The van der Waals surface area contributed by atoms with Gasteiger partial charge in [0.15, 0.2) is 5.78 Å². The van der Waals surface area contributed by atoms with Crippen LogP contribution in [0, 0.1) is 11.8 Å². The molecule has 0 amide bonds. The zero-order valence-corrected chi connectivity index (χ0v) is 6.95. The minimum atomic E-state index is 0.186. The SMILES string of the molecule is O=C1C=C[C@H]2CCC(=O)C[C@H]2C1. The number of allylic oxidation sites excluding steroid dienone is 2. The topological polar surface area (TPSA) is 34.1 Å². The first-order valence-corrected chi connectivity index (χ1v) is 4.48. The predicted octanol–water partition coefficient (Wildman–Crippen LogP) is 1.50. The van der Waals surface area contributed by atoms with Crippen LogP contribution in [0.15, 0.2) is 12.2 Å². The Bertz CT molecular complexity index is 253. The van der Waals surface area contributed by atoms with Crippen molar-refractivity contribution in [1.82, 2.24) is 0 Å². The molecule has 1 saturated carbocycles. The Morgan fingerprint density at radius 3 is 2.92 bits per heavy atom. The fourth-order valence-corrected chi connectivity index (χ4v) is 2.14. The van der Waals surface area contributed by atoms with Gasteiger partial charge in [-0.05, 0) is 24.3 Å². The van der Waals surface area contributed by atoms with E-state index in [0.29, 0.717) is 36.9 Å². The molecule has 0 aromatic rings. The first-order chi connectivity index (χ1) is 5.75. The van der Waals surface area contributed by atoms with Crippen molar-refractivity contribution in [2.45, 2.75) is 25.7 Å². The van der Waals surface area contributed by atoms with Crippen molar-refractivity contribution in [2.75, 3.05) is 0 Å². The van der Waals surface area contributed by atoms with Gasteiger partial charge in [0.05, 0.1) is 0 Å². The van der Waals surface area contributed by atoms with E-state index in [2.05, 4.69) is 0 Å². The summed E-state index contributed by atoms with van der Waals surface area (Å²) in [5, 5.41) is 0. The molecule has 0 N–H and O–H groups in total. The standard InChI is InChI=1S/C10H12O2/c11-9-3-1-7-2-4-10(12)6-8(7)5-9/h1,3,7-8H,2,4-6H2/t7-,8+/m0/s1. The molecule has 1 fully saturated rings. The third kappa shape index (κ3) is 1.33. The van der Waals surface area contributed by atoms with Gasteiger partial charge in [0.1, 0.15) is 5.78 Å². The maximum Gasteiger partial charge on any atom is 0.155 e. The van der Waals surface area contributed by atoms with Crippen molar-refractivity contribution in [3.63, 3.8) is 0 Å². The van der Waals surface area contributed by atoms with E-state index < -0.39 is 0 Å². The molecule has 0 heterocycles. The van der Waals surface area contributed by atoms with Crippen molar-refractivity contribution in [1.29, 1.82) is 0 Å². The highest BCUT2D eigenvalue weighted by Crippen LogP contribution is 2.34. The average molecular weight is 164 g/mol. The van der Waals surface area contributed by atoms with E-state index in [0.717, 1.165) is 6.42 Å². The number of rotatable bonds is 0. The summed E-state index contributed by atoms with van der Waals surface area (Å²) in [7, 11) is 0. The van der Waals surface area contributed by atoms with E-state index in [4.69, 9.17) is 0 Å². The molecule has 2 aliphatic carbocycles. The van der Waals surface area contributed by atoms with E-state index in [9.17, 15) is 9.59 Å². The highest BCUT2D eigenvalue weighted by molar-refractivity contribution is 5.91. The van der Waals surface area contributed by atoms with E-state index in [1.807, 2.05) is 6.08 Å². The van der Waals surface area contributed by atoms with Crippen LogP contribution in [0.1, 0.15) is 25.7 Å². The number of carbonyl (C=O) groups is 2. The molecule has 0 radical (unpaired) electrons. The van der Waals surface area contributed by atoms with E-state index in [1.165, 1.54) is 0 Å². The monoisotopic (exact) mass is 164 g/mol. The second-order valence-electron chi connectivity index (χ2n) is 3.73. The first-order valence-electron chi connectivity index (χ1n) is 4.48. The van der Waals surface area contributed by atoms with Gasteiger partial charge in [-0.1, -0.05) is 6.08 Å². The minimum Gasteiger partial charge on any atom is -0.300 e. The van der Waals surface area contributed by atoms with E-state index >= 15 is 0 Å². The number of fused-ring (bicyclic) bond motifs is 1. The summed E-state index contributed by atoms with van der Waals surface area (Å²) >= 11 is 0. The first kappa shape index (κ1) is 7.71. The lowest BCUT2D eigenvalue weighted by atomic mass is 9.73. The van der Waals surface area contributed by atoms with Crippen LogP contribution in [-0.2, 0) is 9.59 Å². The van der Waals surface area contributed by atoms with Crippen molar-refractivity contribution in [3.05, 3.63) is 12.2 Å². The quantitative estimate of drug-likeness (QED) is 0.543. The Hall–Kier alpha value is -0.920. The number of carbonyl (C=O) groups excluding carboxylic acids is 2. The Kier molecular flexibility index (Phi) is 1.83. The Balaban J connectivity index is 2.13. The Morgan fingerprint density at radius 2 is 2.08 bits per heavy atom. The molecule has 2 heteroatoms. The maximum atomic E-state index is 11.1. The number of ketones is 2. The highest BCUT2D eigenvalue weighted by atomic mass is 16.1. The molecule has 64 valence electrons. The summed E-state index contributed by atoms with van der Waals surface area (Å²) in [6, 6.07) is 0. The van der Waals surface area contributed by atoms with Gasteiger partial charge in [-0.25, -0.2) is 0 Å². The second-order valence-corrected chi connectivity index (χ2v) is 3.73. The van der Waals surface area contributed by atoms with Gasteiger partial charge < -0.3 is 0 Å². The molecular formula is C10H12O2. The molecule has 0 spiro atoms. The third-order valence-electron chi connectivity index (χ3n) is 2.84. The molecule has 2 aliphatic rings. The van der Waals surface area contributed by atoms with E-state index in [-0.39, 0.29) is 5.78 Å². The molecule has 0 bridgehead atoms. The zero-order chi connectivity index (χ0) is 8.55. The molecule has 0 saturated heterocycles. The van der Waals surface area contributed by atoms with Crippen LogP contribution < -0.4 is 0 Å². The molecular weight excluding hydrogens is 152 g/mol. The Morgan fingerprint density at radius 1 is 1.25 bits per heavy atom. The van der Waals surface area contributed by atoms with Crippen LogP contribution in [-0.4, -0.2) is 11.6 Å². The largest absolute Gasteiger partial charge is 0.300 e. The van der Waals surface area contributed by atoms with Crippen LogP contribution in [0.4, 0.5) is 0 Å². The number of Topliss-reactive ketones (excluding diaryl/α,β-unsaturated/α-hetero) is 1. The molecule has 12 heavy (non-hydrogen) atoms. The van der Waals surface area contributed by atoms with Crippen molar-refractivity contribution < 1.29 is 9.59 Å². The van der Waals surface area contributed by atoms with Crippen LogP contribution in [0.2, 0.25) is 0 Å². The molecule has 0 aromatic heterocycles. The molecule has 2 nitrogen and oxygen atoms in total. The average Bonchev–Trinajstić information content (AvgIpc) is 2.03. The summed E-state index contributed by atoms with van der Waals surface area (Å²) in [5.74, 6) is 1.34. The maximum absolute atomic E-state index is 11.1. The number of hydrogen-bond donors (Lipinski definition) is 0. The molecule has 0 aromatic carbocycles. The van der Waals surface area contributed by atoms with Crippen molar-refractivity contribution in [3.8, 4) is 0 Å². The van der Waals surface area contributed by atoms with Gasteiger partial charge in [-0.15, -0.1) is 0 Å². The third-order valence-corrected chi connectivity index (χ3v) is 2.84. The van der Waals surface area contributed by atoms with Gasteiger partial charge in [0, 0.05) is 19.3 Å². The summed E-state index contributed by atoms with van der Waals surface area (Å²) in [4.78, 5) is 22.1. The Labute approximate surface area is 71.6 Å². The second kappa shape index (κ2) is 2.85. The lowest BCUT2D eigenvalue weighted by molar-refractivity contribution is -0.123. The predicted molar refractivity (Wildman–Crippen MR) is 44.6 cm³/mol. The van der Waals surface area contributed by atoms with Crippen LogP contribution in [0.25, 0.3) is 0 Å². The smallest absolute Gasteiger partial charge is 0.155 e. The van der Waals surface area contributed by atoms with Crippen molar-refractivity contribution in [2.24, 2.45) is 11.8 Å². The highest BCUT2D eigenvalue weighted by Gasteiger charge is 2.31. The lowest BCUT2D eigenvalue weighted by Gasteiger charge is -2.30. The zero-order valence-electron chi connectivity index (χ0n) is 6.95. The van der Waals surface area contributed by atoms with Gasteiger partial charge in [-0.2, -0.15) is 0 Å². The fourth-order valence-electron chi connectivity index (χ4n) is 2.14. The van der Waals surface area contributed by atoms with Gasteiger partial charge >= 0.3 is 0 Å². The van der Waals surface area contributed by atoms with Crippen LogP contribution >= 0.6 is 0 Å². The van der Waals surface area contributed by atoms with Crippen LogP contribution in [0.5, 0.6) is 0 Å². The molecule has 0 aliphatic heterocycles. The minimum absolute atomic E-state index is 0.186. The summed E-state index contributed by atoms with van der Waals surface area (Å²) in [5.41, 5.74) is 0. The summed E-state index contributed by atoms with van der Waals surface area (Å²) < 4.78 is 0. The van der Waals surface area contributed by atoms with Gasteiger partial charge in [-0.3, -0.25) is 9.59 Å². The van der Waals surface area contributed by atoms with Crippen molar-refractivity contribution >= 4 is 11.6 Å². The molecule has 2 rings (SSSR count). The fraction of sp³-hybridized carbons (Fsp3) is 0.600. The summed E-state index contributed by atoms with van der Waals surface area (Å²) in [6.45, 7) is 0.